The smallest absolute Gasteiger partial charge is 0.243 e. The van der Waals surface area contributed by atoms with Crippen LogP contribution >= 0.6 is 11.6 Å². The third-order valence-electron chi connectivity index (χ3n) is 5.00. The number of morpholine rings is 1. The number of benzene rings is 1. The second kappa shape index (κ2) is 7.20. The van der Waals surface area contributed by atoms with Gasteiger partial charge in [-0.25, -0.2) is 8.42 Å². The van der Waals surface area contributed by atoms with Crippen LogP contribution in [-0.2, 0) is 14.8 Å². The zero-order valence-electron chi connectivity index (χ0n) is 14.2. The Morgan fingerprint density at radius 1 is 1.12 bits per heavy atom. The first-order chi connectivity index (χ1) is 11.4. The van der Waals surface area contributed by atoms with E-state index in [1.165, 1.54) is 10.7 Å². The molecule has 3 rings (SSSR count). The molecule has 0 radical (unpaired) electrons. The van der Waals surface area contributed by atoms with Gasteiger partial charge in [0.05, 0.1) is 28.8 Å². The van der Waals surface area contributed by atoms with Crippen LogP contribution in [-0.4, -0.2) is 51.1 Å². The number of sulfonamides is 1. The van der Waals surface area contributed by atoms with Gasteiger partial charge in [0.15, 0.2) is 0 Å². The normalized spacial score (nSPS) is 26.5. The molecule has 0 aliphatic carbocycles. The molecule has 2 aliphatic rings. The Kier molecular flexibility index (Phi) is 5.39. The zero-order chi connectivity index (χ0) is 17.3. The Bertz CT molecular complexity index is 679. The average Bonchev–Trinajstić information content (AvgIpc) is 2.56. The molecule has 0 saturated carbocycles. The minimum atomic E-state index is -3.51. The lowest BCUT2D eigenvalue weighted by Gasteiger charge is -2.41. The van der Waals surface area contributed by atoms with E-state index >= 15 is 0 Å². The van der Waals surface area contributed by atoms with E-state index in [1.54, 1.807) is 12.1 Å². The summed E-state index contributed by atoms with van der Waals surface area (Å²) in [4.78, 5) is 2.58. The molecule has 5 nitrogen and oxygen atoms in total. The van der Waals surface area contributed by atoms with Crippen molar-refractivity contribution in [2.75, 3.05) is 31.2 Å². The first-order valence-corrected chi connectivity index (χ1v) is 10.4. The van der Waals surface area contributed by atoms with Crippen LogP contribution in [0.3, 0.4) is 0 Å². The maximum atomic E-state index is 12.8. The highest BCUT2D eigenvalue weighted by atomic mass is 35.5. The summed E-state index contributed by atoms with van der Waals surface area (Å²) in [6, 6.07) is 5.95. The fourth-order valence-electron chi connectivity index (χ4n) is 3.69. The fraction of sp³-hybridized carbons (Fsp3) is 0.647. The lowest BCUT2D eigenvalue weighted by Crippen LogP contribution is -2.44. The molecule has 0 N–H and O–H groups in total. The third-order valence-corrected chi connectivity index (χ3v) is 7.20. The molecule has 1 aromatic carbocycles. The van der Waals surface area contributed by atoms with Crippen LogP contribution in [0.2, 0.25) is 5.02 Å². The standard InChI is InChI=1S/C17H25ClN2O3S/c1-13-4-3-5-14(2)20(13)17-7-6-15(12-16(17)18)24(21,22)19-8-10-23-11-9-19/h6-7,12-14H,3-5,8-11H2,1-2H3/t13-,14-/m0/s1. The Hall–Kier alpha value is -0.820. The number of hydrogen-bond acceptors (Lipinski definition) is 4. The molecule has 0 amide bonds. The molecule has 2 atom stereocenters. The molecule has 2 aliphatic heterocycles. The summed E-state index contributed by atoms with van der Waals surface area (Å²) in [5.74, 6) is 0. The summed E-state index contributed by atoms with van der Waals surface area (Å²) >= 11 is 6.49. The van der Waals surface area contributed by atoms with Crippen LogP contribution in [0.1, 0.15) is 33.1 Å². The van der Waals surface area contributed by atoms with Crippen LogP contribution in [0.5, 0.6) is 0 Å². The van der Waals surface area contributed by atoms with E-state index in [-0.39, 0.29) is 4.90 Å². The van der Waals surface area contributed by atoms with Gasteiger partial charge in [-0.3, -0.25) is 0 Å². The van der Waals surface area contributed by atoms with Gasteiger partial charge in [0.1, 0.15) is 0 Å². The molecule has 0 unspecified atom stereocenters. The Balaban J connectivity index is 1.89. The van der Waals surface area contributed by atoms with Crippen LogP contribution in [0.25, 0.3) is 0 Å². The Morgan fingerprint density at radius 3 is 2.33 bits per heavy atom. The molecule has 1 aromatic rings. The van der Waals surface area contributed by atoms with Crippen molar-refractivity contribution in [3.8, 4) is 0 Å². The predicted molar refractivity (Wildman–Crippen MR) is 96.3 cm³/mol. The highest BCUT2D eigenvalue weighted by Gasteiger charge is 2.29. The van der Waals surface area contributed by atoms with E-state index in [2.05, 4.69) is 18.7 Å². The van der Waals surface area contributed by atoms with E-state index in [0.717, 1.165) is 18.5 Å². The number of nitrogens with zero attached hydrogens (tertiary/aromatic N) is 2. The number of halogens is 1. The number of piperidine rings is 1. The molecule has 134 valence electrons. The van der Waals surface area contributed by atoms with E-state index in [1.807, 2.05) is 6.07 Å². The van der Waals surface area contributed by atoms with Gasteiger partial charge in [-0.2, -0.15) is 4.31 Å². The Morgan fingerprint density at radius 2 is 1.75 bits per heavy atom. The van der Waals surface area contributed by atoms with E-state index in [4.69, 9.17) is 16.3 Å². The van der Waals surface area contributed by atoms with Crippen LogP contribution in [0.15, 0.2) is 23.1 Å². The molecule has 2 fully saturated rings. The SMILES string of the molecule is C[C@H]1CCC[C@H](C)N1c1ccc(S(=O)(=O)N2CCOCC2)cc1Cl. The van der Waals surface area contributed by atoms with Gasteiger partial charge in [0.2, 0.25) is 10.0 Å². The number of hydrogen-bond donors (Lipinski definition) is 0. The second-order valence-electron chi connectivity index (χ2n) is 6.67. The van der Waals surface area contributed by atoms with Gasteiger partial charge in [0, 0.05) is 25.2 Å². The summed E-state index contributed by atoms with van der Waals surface area (Å²) in [6.07, 6.45) is 3.49. The zero-order valence-corrected chi connectivity index (χ0v) is 15.8. The van der Waals surface area contributed by atoms with Crippen molar-refractivity contribution in [3.63, 3.8) is 0 Å². The maximum absolute atomic E-state index is 12.8. The van der Waals surface area contributed by atoms with Gasteiger partial charge in [0.25, 0.3) is 0 Å². The molecule has 0 spiro atoms. The number of rotatable bonds is 3. The van der Waals surface area contributed by atoms with E-state index < -0.39 is 10.0 Å². The summed E-state index contributed by atoms with van der Waals surface area (Å²) in [7, 11) is -3.51. The molecule has 0 aromatic heterocycles. The van der Waals surface area contributed by atoms with E-state index in [0.29, 0.717) is 43.4 Å². The van der Waals surface area contributed by atoms with Crippen LogP contribution in [0, 0.1) is 0 Å². The van der Waals surface area contributed by atoms with Crippen molar-refractivity contribution in [3.05, 3.63) is 23.2 Å². The molecule has 2 heterocycles. The summed E-state index contributed by atoms with van der Waals surface area (Å²) < 4.78 is 32.2. The monoisotopic (exact) mass is 372 g/mol. The highest BCUT2D eigenvalue weighted by molar-refractivity contribution is 7.89. The van der Waals surface area contributed by atoms with Crippen molar-refractivity contribution in [2.45, 2.75) is 50.1 Å². The van der Waals surface area contributed by atoms with Gasteiger partial charge in [-0.1, -0.05) is 11.6 Å². The van der Waals surface area contributed by atoms with Crippen molar-refractivity contribution in [1.29, 1.82) is 0 Å². The lowest BCUT2D eigenvalue weighted by atomic mass is 9.96. The van der Waals surface area contributed by atoms with Crippen molar-refractivity contribution in [2.24, 2.45) is 0 Å². The lowest BCUT2D eigenvalue weighted by molar-refractivity contribution is 0.0730. The predicted octanol–water partition coefficient (Wildman–Crippen LogP) is 3.13. The minimum absolute atomic E-state index is 0.260. The summed E-state index contributed by atoms with van der Waals surface area (Å²) in [6.45, 7) is 6.06. The maximum Gasteiger partial charge on any atom is 0.243 e. The van der Waals surface area contributed by atoms with Gasteiger partial charge < -0.3 is 9.64 Å². The average molecular weight is 373 g/mol. The third kappa shape index (κ3) is 3.43. The first kappa shape index (κ1) is 18.0. The summed E-state index contributed by atoms with van der Waals surface area (Å²) in [5, 5.41) is 0.505. The van der Waals surface area contributed by atoms with Crippen LogP contribution < -0.4 is 4.90 Å². The van der Waals surface area contributed by atoms with Crippen molar-refractivity contribution in [1.82, 2.24) is 4.31 Å². The van der Waals surface area contributed by atoms with Gasteiger partial charge in [-0.05, 0) is 51.3 Å². The quantitative estimate of drug-likeness (QED) is 0.817. The number of anilines is 1. The Labute approximate surface area is 149 Å². The molecular formula is C17H25ClN2O3S. The molecular weight excluding hydrogens is 348 g/mol. The molecule has 0 bridgehead atoms. The van der Waals surface area contributed by atoms with Crippen LogP contribution in [0.4, 0.5) is 5.69 Å². The number of ether oxygens (including phenoxy) is 1. The molecule has 2 saturated heterocycles. The topological polar surface area (TPSA) is 49.9 Å². The van der Waals surface area contributed by atoms with Crippen molar-refractivity contribution < 1.29 is 13.2 Å². The van der Waals surface area contributed by atoms with Gasteiger partial charge in [-0.15, -0.1) is 0 Å². The fourth-order valence-corrected chi connectivity index (χ4v) is 5.47. The largest absolute Gasteiger partial charge is 0.379 e. The highest BCUT2D eigenvalue weighted by Crippen LogP contribution is 2.36. The molecule has 7 heteroatoms. The van der Waals surface area contributed by atoms with Gasteiger partial charge >= 0.3 is 0 Å². The molecule has 24 heavy (non-hydrogen) atoms. The van der Waals surface area contributed by atoms with E-state index in [9.17, 15) is 8.42 Å². The summed E-state index contributed by atoms with van der Waals surface area (Å²) in [5.41, 5.74) is 0.928. The first-order valence-electron chi connectivity index (χ1n) is 8.57. The minimum Gasteiger partial charge on any atom is -0.379 e. The van der Waals surface area contributed by atoms with Crippen molar-refractivity contribution >= 4 is 27.3 Å². The second-order valence-corrected chi connectivity index (χ2v) is 9.01.